The van der Waals surface area contributed by atoms with E-state index in [0.29, 0.717) is 22.4 Å². The van der Waals surface area contributed by atoms with Gasteiger partial charge in [-0.25, -0.2) is 13.2 Å². The number of hydrogen-bond acceptors (Lipinski definition) is 5. The molecule has 138 valence electrons. The quantitative estimate of drug-likeness (QED) is 0.784. The third-order valence-corrected chi connectivity index (χ3v) is 4.20. The van der Waals surface area contributed by atoms with Gasteiger partial charge in [0.15, 0.2) is 9.84 Å². The molecule has 2 rings (SSSR count). The number of benzene rings is 2. The molecule has 0 unspecified atom stereocenters. The van der Waals surface area contributed by atoms with Crippen molar-refractivity contribution in [2.45, 2.75) is 25.7 Å². The maximum atomic E-state index is 12.3. The van der Waals surface area contributed by atoms with Crippen LogP contribution in [0.3, 0.4) is 0 Å². The van der Waals surface area contributed by atoms with Crippen LogP contribution in [-0.2, 0) is 20.3 Å². The molecule has 0 spiro atoms. The Morgan fingerprint density at radius 3 is 2.27 bits per heavy atom. The highest BCUT2D eigenvalue weighted by Crippen LogP contribution is 2.14. The summed E-state index contributed by atoms with van der Waals surface area (Å²) in [6.45, 7) is 3.54. The SMILES string of the molecule is CC(C)OC(=O)c1ccc(NC(=O)c2cccc(CS(C)(=O)=O)c2)cc1. The maximum Gasteiger partial charge on any atom is 0.338 e. The van der Waals surface area contributed by atoms with Gasteiger partial charge in [0.1, 0.15) is 0 Å². The molecule has 0 heterocycles. The fraction of sp³-hybridized carbons (Fsp3) is 0.263. The van der Waals surface area contributed by atoms with Crippen LogP contribution in [-0.4, -0.2) is 32.7 Å². The predicted octanol–water partition coefficient (Wildman–Crippen LogP) is 3.05. The van der Waals surface area contributed by atoms with Crippen molar-refractivity contribution >= 4 is 27.4 Å². The molecular formula is C19H21NO5S. The first-order chi connectivity index (χ1) is 12.1. The van der Waals surface area contributed by atoms with E-state index < -0.39 is 15.8 Å². The molecule has 0 aliphatic carbocycles. The monoisotopic (exact) mass is 375 g/mol. The number of sulfone groups is 1. The topological polar surface area (TPSA) is 89.5 Å². The van der Waals surface area contributed by atoms with Crippen LogP contribution >= 0.6 is 0 Å². The van der Waals surface area contributed by atoms with Gasteiger partial charge in [-0.2, -0.15) is 0 Å². The number of ether oxygens (including phenoxy) is 1. The minimum Gasteiger partial charge on any atom is -0.459 e. The molecule has 2 aromatic carbocycles. The molecule has 0 bridgehead atoms. The number of anilines is 1. The van der Waals surface area contributed by atoms with Crippen LogP contribution in [0.15, 0.2) is 48.5 Å². The lowest BCUT2D eigenvalue weighted by molar-refractivity contribution is 0.0378. The first-order valence-electron chi connectivity index (χ1n) is 8.03. The summed E-state index contributed by atoms with van der Waals surface area (Å²) in [5, 5.41) is 2.71. The highest BCUT2D eigenvalue weighted by atomic mass is 32.2. The Bertz CT molecular complexity index is 902. The van der Waals surface area contributed by atoms with Crippen molar-refractivity contribution in [3.05, 3.63) is 65.2 Å². The van der Waals surface area contributed by atoms with E-state index in [1.54, 1.807) is 62.4 Å². The lowest BCUT2D eigenvalue weighted by atomic mass is 10.1. The standard InChI is InChI=1S/C19H21NO5S/c1-13(2)25-19(22)15-7-9-17(10-8-15)20-18(21)16-6-4-5-14(11-16)12-26(3,23)24/h4-11,13H,12H2,1-3H3,(H,20,21). The van der Waals surface area contributed by atoms with Gasteiger partial charge in [-0.1, -0.05) is 12.1 Å². The fourth-order valence-corrected chi connectivity index (χ4v) is 3.07. The highest BCUT2D eigenvalue weighted by Gasteiger charge is 2.12. The molecule has 0 saturated carbocycles. The molecule has 7 heteroatoms. The molecule has 6 nitrogen and oxygen atoms in total. The Morgan fingerprint density at radius 2 is 1.69 bits per heavy atom. The van der Waals surface area contributed by atoms with E-state index in [1.165, 1.54) is 0 Å². The van der Waals surface area contributed by atoms with Gasteiger partial charge in [-0.15, -0.1) is 0 Å². The molecule has 0 saturated heterocycles. The van der Waals surface area contributed by atoms with Crippen molar-refractivity contribution in [3.63, 3.8) is 0 Å². The van der Waals surface area contributed by atoms with Crippen molar-refractivity contribution in [2.24, 2.45) is 0 Å². The molecule has 0 atom stereocenters. The van der Waals surface area contributed by atoms with E-state index >= 15 is 0 Å². The highest BCUT2D eigenvalue weighted by molar-refractivity contribution is 7.89. The smallest absolute Gasteiger partial charge is 0.338 e. The Labute approximate surface area is 153 Å². The molecule has 2 aromatic rings. The number of nitrogens with one attached hydrogen (secondary N) is 1. The van der Waals surface area contributed by atoms with Gasteiger partial charge in [0.2, 0.25) is 0 Å². The molecule has 0 aliphatic heterocycles. The van der Waals surface area contributed by atoms with Crippen LogP contribution in [0.5, 0.6) is 0 Å². The van der Waals surface area contributed by atoms with Gasteiger partial charge >= 0.3 is 5.97 Å². The molecular weight excluding hydrogens is 354 g/mol. The summed E-state index contributed by atoms with van der Waals surface area (Å²) in [7, 11) is -3.18. The van der Waals surface area contributed by atoms with Gasteiger partial charge < -0.3 is 10.1 Å². The molecule has 0 aromatic heterocycles. The van der Waals surface area contributed by atoms with Gasteiger partial charge in [-0.3, -0.25) is 4.79 Å². The van der Waals surface area contributed by atoms with Crippen LogP contribution < -0.4 is 5.32 Å². The van der Waals surface area contributed by atoms with Crippen LogP contribution in [0.25, 0.3) is 0 Å². The average molecular weight is 375 g/mol. The minimum atomic E-state index is -3.18. The lowest BCUT2D eigenvalue weighted by Gasteiger charge is -2.09. The van der Waals surface area contributed by atoms with E-state index in [4.69, 9.17) is 4.74 Å². The Hall–Kier alpha value is -2.67. The molecule has 0 radical (unpaired) electrons. The van der Waals surface area contributed by atoms with E-state index in [-0.39, 0.29) is 17.8 Å². The maximum absolute atomic E-state index is 12.3. The van der Waals surface area contributed by atoms with Crippen LogP contribution in [0, 0.1) is 0 Å². The number of carbonyl (C=O) groups is 2. The van der Waals surface area contributed by atoms with Gasteiger partial charge in [0.05, 0.1) is 17.4 Å². The zero-order valence-electron chi connectivity index (χ0n) is 14.9. The predicted molar refractivity (Wildman–Crippen MR) is 99.9 cm³/mol. The number of carbonyl (C=O) groups excluding carboxylic acids is 2. The second-order valence-electron chi connectivity index (χ2n) is 6.26. The number of rotatable bonds is 6. The summed E-state index contributed by atoms with van der Waals surface area (Å²) < 4.78 is 27.9. The van der Waals surface area contributed by atoms with Crippen LogP contribution in [0.1, 0.15) is 40.1 Å². The van der Waals surface area contributed by atoms with Crippen molar-refractivity contribution in [1.82, 2.24) is 0 Å². The first-order valence-corrected chi connectivity index (χ1v) is 10.1. The summed E-state index contributed by atoms with van der Waals surface area (Å²) in [5.41, 5.74) is 1.82. The summed E-state index contributed by atoms with van der Waals surface area (Å²) in [5.74, 6) is -0.912. The summed E-state index contributed by atoms with van der Waals surface area (Å²) in [6.07, 6.45) is 0.937. The molecule has 1 N–H and O–H groups in total. The largest absolute Gasteiger partial charge is 0.459 e. The second kappa shape index (κ2) is 8.14. The summed E-state index contributed by atoms with van der Waals surface area (Å²) in [6, 6.07) is 12.8. The second-order valence-corrected chi connectivity index (χ2v) is 8.40. The van der Waals surface area contributed by atoms with E-state index in [2.05, 4.69) is 5.32 Å². The van der Waals surface area contributed by atoms with Crippen LogP contribution in [0.2, 0.25) is 0 Å². The zero-order valence-corrected chi connectivity index (χ0v) is 15.7. The summed E-state index contributed by atoms with van der Waals surface area (Å²) >= 11 is 0. The fourth-order valence-electron chi connectivity index (χ4n) is 2.28. The van der Waals surface area contributed by atoms with Crippen molar-refractivity contribution in [3.8, 4) is 0 Å². The van der Waals surface area contributed by atoms with Crippen molar-refractivity contribution in [2.75, 3.05) is 11.6 Å². The third kappa shape index (κ3) is 6.00. The normalized spacial score (nSPS) is 11.2. The van der Waals surface area contributed by atoms with E-state index in [1.807, 2.05) is 0 Å². The Morgan fingerprint density at radius 1 is 1.04 bits per heavy atom. The third-order valence-electron chi connectivity index (χ3n) is 3.34. The molecule has 0 aliphatic rings. The average Bonchev–Trinajstić information content (AvgIpc) is 2.53. The van der Waals surface area contributed by atoms with Crippen molar-refractivity contribution < 1.29 is 22.7 Å². The lowest BCUT2D eigenvalue weighted by Crippen LogP contribution is -2.14. The van der Waals surface area contributed by atoms with Crippen LogP contribution in [0.4, 0.5) is 5.69 Å². The van der Waals surface area contributed by atoms with Gasteiger partial charge in [0, 0.05) is 17.5 Å². The van der Waals surface area contributed by atoms with Crippen molar-refractivity contribution in [1.29, 1.82) is 0 Å². The Kier molecular flexibility index (Phi) is 6.15. The number of esters is 1. The van der Waals surface area contributed by atoms with E-state index in [9.17, 15) is 18.0 Å². The molecule has 26 heavy (non-hydrogen) atoms. The minimum absolute atomic E-state index is 0.124. The van der Waals surface area contributed by atoms with Gasteiger partial charge in [-0.05, 0) is 55.8 Å². The summed E-state index contributed by atoms with van der Waals surface area (Å²) in [4.78, 5) is 24.1. The number of hydrogen-bond donors (Lipinski definition) is 1. The van der Waals surface area contributed by atoms with E-state index in [0.717, 1.165) is 6.26 Å². The molecule has 0 fully saturated rings. The molecule has 1 amide bonds. The number of amides is 1. The Balaban J connectivity index is 2.08. The first kappa shape index (κ1) is 19.7. The van der Waals surface area contributed by atoms with Gasteiger partial charge in [0.25, 0.3) is 5.91 Å². The zero-order chi connectivity index (χ0) is 19.3.